The van der Waals surface area contributed by atoms with E-state index in [1.54, 1.807) is 17.1 Å². The van der Waals surface area contributed by atoms with Gasteiger partial charge in [-0.2, -0.15) is 0 Å². The van der Waals surface area contributed by atoms with Crippen LogP contribution in [0.3, 0.4) is 0 Å². The highest BCUT2D eigenvalue weighted by Gasteiger charge is 2.77. The molecule has 8 atom stereocenters. The standard InChI is InChI=1S/C39H48BrN3O7/c1-4-7-19-31(45)49-25-30(27-17-13-10-14-18-27)41-36(46)32-33-37(47)43(28(24-44)22-26-15-11-9-12-16-26)35(39(33)23-29(40)34(32)50-39)38(48)42(20-6-3)21-8-5-2/h4,6,9-18,28-30,32-35,44H,1,3,5,7-8,19-25H2,2H3,(H,41,46)/t28-,29?,30-,32+,33-,34+,35+,39-/m1/s1. The Morgan fingerprint density at radius 3 is 2.48 bits per heavy atom. The van der Waals surface area contributed by atoms with Crippen molar-refractivity contribution in [3.8, 4) is 0 Å². The van der Waals surface area contributed by atoms with Gasteiger partial charge in [0.2, 0.25) is 17.7 Å². The van der Waals surface area contributed by atoms with Gasteiger partial charge in [0, 0.05) is 24.3 Å². The maximum atomic E-state index is 14.8. The molecule has 3 aliphatic rings. The van der Waals surface area contributed by atoms with Crippen LogP contribution in [0.2, 0.25) is 0 Å². The van der Waals surface area contributed by atoms with E-state index in [9.17, 15) is 24.3 Å². The van der Waals surface area contributed by atoms with E-state index in [2.05, 4.69) is 34.4 Å². The Morgan fingerprint density at radius 1 is 1.14 bits per heavy atom. The van der Waals surface area contributed by atoms with Crippen LogP contribution < -0.4 is 5.32 Å². The fourth-order valence-corrected chi connectivity index (χ4v) is 8.73. The maximum Gasteiger partial charge on any atom is 0.306 e. The predicted octanol–water partition coefficient (Wildman–Crippen LogP) is 4.52. The number of amides is 3. The van der Waals surface area contributed by atoms with Crippen LogP contribution in [-0.4, -0.2) is 93.5 Å². The lowest BCUT2D eigenvalue weighted by Gasteiger charge is -2.39. The number of allylic oxidation sites excluding steroid dienone is 1. The van der Waals surface area contributed by atoms with E-state index in [0.717, 1.165) is 24.0 Å². The highest BCUT2D eigenvalue weighted by atomic mass is 79.9. The van der Waals surface area contributed by atoms with Crippen LogP contribution in [0.4, 0.5) is 0 Å². The summed E-state index contributed by atoms with van der Waals surface area (Å²) in [5, 5.41) is 13.9. The van der Waals surface area contributed by atoms with Crippen molar-refractivity contribution in [2.75, 3.05) is 26.3 Å². The largest absolute Gasteiger partial charge is 0.463 e. The Hall–Kier alpha value is -3.80. The molecular weight excluding hydrogens is 702 g/mol. The van der Waals surface area contributed by atoms with Gasteiger partial charge in [0.05, 0.1) is 36.6 Å². The summed E-state index contributed by atoms with van der Waals surface area (Å²) in [4.78, 5) is 59.3. The van der Waals surface area contributed by atoms with E-state index in [-0.39, 0.29) is 42.8 Å². The summed E-state index contributed by atoms with van der Waals surface area (Å²) in [5.74, 6) is -3.42. The van der Waals surface area contributed by atoms with Crippen molar-refractivity contribution in [1.82, 2.24) is 15.1 Å². The Kier molecular flexibility index (Phi) is 12.7. The van der Waals surface area contributed by atoms with Crippen LogP contribution >= 0.6 is 15.9 Å². The zero-order chi connectivity index (χ0) is 35.8. The minimum absolute atomic E-state index is 0.101. The molecule has 2 bridgehead atoms. The van der Waals surface area contributed by atoms with Gasteiger partial charge in [0.15, 0.2) is 0 Å². The molecule has 10 nitrogen and oxygen atoms in total. The van der Waals surface area contributed by atoms with Gasteiger partial charge in [0.25, 0.3) is 0 Å². The number of hydrogen-bond acceptors (Lipinski definition) is 7. The van der Waals surface area contributed by atoms with Crippen molar-refractivity contribution in [3.05, 3.63) is 97.1 Å². The maximum absolute atomic E-state index is 14.8. The van der Waals surface area contributed by atoms with Crippen molar-refractivity contribution in [2.24, 2.45) is 11.8 Å². The number of alkyl halides is 1. The molecule has 3 amide bonds. The third-order valence-electron chi connectivity index (χ3n) is 10.1. The van der Waals surface area contributed by atoms with Crippen LogP contribution in [0.15, 0.2) is 86.0 Å². The van der Waals surface area contributed by atoms with Crippen LogP contribution in [0.25, 0.3) is 0 Å². The number of ether oxygens (including phenoxy) is 2. The van der Waals surface area contributed by atoms with Crippen LogP contribution in [0.5, 0.6) is 0 Å². The molecule has 50 heavy (non-hydrogen) atoms. The Balaban J connectivity index is 1.51. The molecule has 0 radical (unpaired) electrons. The number of benzene rings is 2. The Morgan fingerprint density at radius 2 is 1.84 bits per heavy atom. The molecule has 268 valence electrons. The zero-order valence-corrected chi connectivity index (χ0v) is 30.2. The number of nitrogens with one attached hydrogen (secondary N) is 1. The number of carbonyl (C=O) groups is 4. The first kappa shape index (κ1) is 37.5. The fourth-order valence-electron chi connectivity index (χ4n) is 7.79. The number of unbranched alkanes of at least 4 members (excludes halogenated alkanes) is 1. The second-order valence-electron chi connectivity index (χ2n) is 13.3. The number of likely N-dealkylation sites (tertiary alicyclic amines) is 1. The van der Waals surface area contributed by atoms with Crippen molar-refractivity contribution in [3.63, 3.8) is 0 Å². The molecule has 11 heteroatoms. The second-order valence-corrected chi connectivity index (χ2v) is 14.5. The molecule has 0 saturated carbocycles. The Labute approximate surface area is 303 Å². The molecule has 3 heterocycles. The van der Waals surface area contributed by atoms with Crippen LogP contribution in [0, 0.1) is 11.8 Å². The van der Waals surface area contributed by atoms with Crippen molar-refractivity contribution in [2.45, 2.75) is 80.1 Å². The summed E-state index contributed by atoms with van der Waals surface area (Å²) in [6.45, 7) is 9.84. The molecule has 3 fully saturated rings. The molecule has 1 spiro atoms. The molecular formula is C39H48BrN3O7. The lowest BCUT2D eigenvalue weighted by atomic mass is 9.70. The van der Waals surface area contributed by atoms with E-state index < -0.39 is 53.5 Å². The predicted molar refractivity (Wildman–Crippen MR) is 193 cm³/mol. The first-order chi connectivity index (χ1) is 24.2. The summed E-state index contributed by atoms with van der Waals surface area (Å²) in [6.07, 6.45) is 5.55. The van der Waals surface area contributed by atoms with Gasteiger partial charge in [-0.3, -0.25) is 19.2 Å². The van der Waals surface area contributed by atoms with Crippen LogP contribution in [0.1, 0.15) is 56.2 Å². The van der Waals surface area contributed by atoms with Gasteiger partial charge >= 0.3 is 5.97 Å². The second kappa shape index (κ2) is 16.9. The zero-order valence-electron chi connectivity index (χ0n) is 28.6. The molecule has 0 aromatic heterocycles. The number of hydrogen-bond donors (Lipinski definition) is 2. The fraction of sp³-hybridized carbons (Fsp3) is 0.487. The first-order valence-electron chi connectivity index (χ1n) is 17.5. The highest BCUT2D eigenvalue weighted by Crippen LogP contribution is 2.60. The molecule has 2 N–H and O–H groups in total. The summed E-state index contributed by atoms with van der Waals surface area (Å²) in [5.41, 5.74) is 0.336. The average Bonchev–Trinajstić information content (AvgIpc) is 3.73. The number of aliphatic hydroxyl groups excluding tert-OH is 1. The van der Waals surface area contributed by atoms with Gasteiger partial charge in [-0.1, -0.05) is 102 Å². The Bertz CT molecular complexity index is 1520. The molecule has 3 saturated heterocycles. The lowest BCUT2D eigenvalue weighted by molar-refractivity contribution is -0.151. The first-order valence-corrected chi connectivity index (χ1v) is 18.4. The third-order valence-corrected chi connectivity index (χ3v) is 11.0. The van der Waals surface area contributed by atoms with E-state index in [4.69, 9.17) is 9.47 Å². The summed E-state index contributed by atoms with van der Waals surface area (Å²) in [7, 11) is 0. The minimum Gasteiger partial charge on any atom is -0.463 e. The van der Waals surface area contributed by atoms with Crippen molar-refractivity contribution >= 4 is 39.6 Å². The monoisotopic (exact) mass is 749 g/mol. The van der Waals surface area contributed by atoms with E-state index >= 15 is 0 Å². The quantitative estimate of drug-likeness (QED) is 0.131. The van der Waals surface area contributed by atoms with Gasteiger partial charge in [-0.15, -0.1) is 13.2 Å². The van der Waals surface area contributed by atoms with Gasteiger partial charge in [0.1, 0.15) is 18.2 Å². The van der Waals surface area contributed by atoms with Gasteiger partial charge < -0.3 is 29.7 Å². The smallest absolute Gasteiger partial charge is 0.306 e. The number of nitrogens with zero attached hydrogens (tertiary/aromatic N) is 2. The topological polar surface area (TPSA) is 125 Å². The summed E-state index contributed by atoms with van der Waals surface area (Å²) >= 11 is 3.75. The molecule has 2 aromatic carbocycles. The van der Waals surface area contributed by atoms with Gasteiger partial charge in [-0.05, 0) is 36.8 Å². The minimum atomic E-state index is -1.30. The number of aliphatic hydroxyl groups is 1. The van der Waals surface area contributed by atoms with E-state index in [1.807, 2.05) is 67.6 Å². The van der Waals surface area contributed by atoms with Gasteiger partial charge in [-0.25, -0.2) is 0 Å². The highest BCUT2D eigenvalue weighted by molar-refractivity contribution is 9.09. The summed E-state index contributed by atoms with van der Waals surface area (Å²) < 4.78 is 12.3. The molecule has 1 unspecified atom stereocenters. The van der Waals surface area contributed by atoms with Crippen LogP contribution in [-0.2, 0) is 35.1 Å². The number of halogens is 1. The van der Waals surface area contributed by atoms with E-state index in [0.29, 0.717) is 25.8 Å². The summed E-state index contributed by atoms with van der Waals surface area (Å²) in [6, 6.07) is 16.2. The molecule has 0 aliphatic carbocycles. The third kappa shape index (κ3) is 7.60. The number of rotatable bonds is 18. The SMILES string of the molecule is C=CCCC(=O)OC[C@@H](NC(=O)[C@@H]1[C@H]2O[C@@]3(CC2Br)[C@H](C(=O)N(CC=C)CCCC)N([C@@H](CO)Cc2ccccc2)C(=O)[C@@H]13)c1ccccc1. The van der Waals surface area contributed by atoms with E-state index in [1.165, 1.54) is 4.90 Å². The number of carbonyl (C=O) groups excluding carboxylic acids is 4. The molecule has 2 aromatic rings. The van der Waals surface area contributed by atoms with Crippen molar-refractivity contribution in [1.29, 1.82) is 0 Å². The molecule has 5 rings (SSSR count). The normalized spacial score (nSPS) is 26.2. The average molecular weight is 751 g/mol. The number of fused-ring (bicyclic) bond motifs is 1. The molecule has 3 aliphatic heterocycles. The number of esters is 1. The van der Waals surface area contributed by atoms with Crippen molar-refractivity contribution < 1.29 is 33.8 Å². The lowest BCUT2D eigenvalue weighted by Crippen LogP contribution is -2.59.